The van der Waals surface area contributed by atoms with Crippen molar-refractivity contribution in [3.8, 4) is 0 Å². The lowest BCUT2D eigenvalue weighted by atomic mass is 9.43. The van der Waals surface area contributed by atoms with Crippen molar-refractivity contribution in [1.82, 2.24) is 4.72 Å². The van der Waals surface area contributed by atoms with Crippen molar-refractivity contribution in [2.24, 2.45) is 51.1 Å². The predicted molar refractivity (Wildman–Crippen MR) is 134 cm³/mol. The molecule has 5 saturated carbocycles. The van der Waals surface area contributed by atoms with Crippen LogP contribution in [-0.4, -0.2) is 61.4 Å². The van der Waals surface area contributed by atoms with Crippen LogP contribution in [0.15, 0.2) is 0 Å². The van der Waals surface area contributed by atoms with Gasteiger partial charge in [0.25, 0.3) is 0 Å². The maximum absolute atomic E-state index is 12.0. The molecule has 7 unspecified atom stereocenters. The van der Waals surface area contributed by atoms with Crippen LogP contribution in [0, 0.1) is 45.3 Å². The van der Waals surface area contributed by atoms with Gasteiger partial charge in [0.05, 0.1) is 36.2 Å². The molecule has 8 heteroatoms. The molecule has 7 nitrogen and oxygen atoms in total. The summed E-state index contributed by atoms with van der Waals surface area (Å²) in [7, 11) is -3.30. The normalized spacial score (nSPS) is 58.4. The van der Waals surface area contributed by atoms with Gasteiger partial charge in [-0.3, -0.25) is 0 Å². The van der Waals surface area contributed by atoms with E-state index in [0.717, 1.165) is 44.9 Å². The molecule has 6 rings (SSSR count). The Balaban J connectivity index is 1.33. The second kappa shape index (κ2) is 7.23. The second-order valence-corrected chi connectivity index (χ2v) is 16.3. The highest BCUT2D eigenvalue weighted by atomic mass is 32.2. The van der Waals surface area contributed by atoms with Crippen molar-refractivity contribution in [1.29, 1.82) is 0 Å². The third-order valence-electron chi connectivity index (χ3n) is 12.9. The summed E-state index contributed by atoms with van der Waals surface area (Å²) >= 11 is 0. The minimum Gasteiger partial charge on any atom is -0.393 e. The first-order valence-electron chi connectivity index (χ1n) is 13.9. The van der Waals surface area contributed by atoms with Gasteiger partial charge in [-0.2, -0.15) is 0 Å². The fraction of sp³-hybridized carbons (Fsp3) is 1.00. The van der Waals surface area contributed by atoms with Crippen molar-refractivity contribution in [2.75, 3.05) is 12.8 Å². The summed E-state index contributed by atoms with van der Waals surface area (Å²) in [6, 6.07) is 0. The number of fused-ring (bicyclic) bond motifs is 4. The average Bonchev–Trinajstić information content (AvgIpc) is 3.40. The van der Waals surface area contributed by atoms with Crippen LogP contribution in [0.1, 0.15) is 79.1 Å². The summed E-state index contributed by atoms with van der Waals surface area (Å²) in [5.41, 5.74) is 6.99. The van der Waals surface area contributed by atoms with Crippen molar-refractivity contribution < 1.29 is 23.4 Å². The van der Waals surface area contributed by atoms with E-state index in [1.165, 1.54) is 12.7 Å². The summed E-state index contributed by atoms with van der Waals surface area (Å²) in [5.74, 6) is 1.25. The minimum absolute atomic E-state index is 0.0744. The molecule has 0 aromatic carbocycles. The van der Waals surface area contributed by atoms with Crippen LogP contribution < -0.4 is 10.5 Å². The summed E-state index contributed by atoms with van der Waals surface area (Å²) < 4.78 is 32.5. The lowest BCUT2D eigenvalue weighted by Crippen LogP contribution is -2.70. The number of sulfonamides is 1. The van der Waals surface area contributed by atoms with E-state index < -0.39 is 21.7 Å². The van der Waals surface area contributed by atoms with E-state index in [1.54, 1.807) is 0 Å². The first-order valence-corrected chi connectivity index (χ1v) is 15.8. The van der Waals surface area contributed by atoms with E-state index in [1.807, 2.05) is 0 Å². The minimum atomic E-state index is -3.30. The summed E-state index contributed by atoms with van der Waals surface area (Å²) in [5, 5.41) is 22.8. The lowest BCUT2D eigenvalue weighted by molar-refractivity contribution is -0.152. The van der Waals surface area contributed by atoms with E-state index in [2.05, 4.69) is 32.4 Å². The Labute approximate surface area is 211 Å². The number of nitrogens with one attached hydrogen (secondary N) is 1. The molecule has 1 heterocycles. The molecule has 5 N–H and O–H groups in total. The zero-order valence-electron chi connectivity index (χ0n) is 22.1. The number of aliphatic hydroxyl groups excluding tert-OH is 2. The van der Waals surface area contributed by atoms with Gasteiger partial charge in [0, 0.05) is 6.54 Å². The van der Waals surface area contributed by atoms with E-state index in [0.29, 0.717) is 11.8 Å². The number of nitrogens with two attached hydrogens (primary N) is 1. The van der Waals surface area contributed by atoms with Gasteiger partial charge in [0.1, 0.15) is 0 Å². The predicted octanol–water partition coefficient (Wildman–Crippen LogP) is 2.40. The standard InChI is InChI=1S/C27H46N2O5S/c1-15-12-16(13-29-35(5,32)33)34-21-20(15)24(4)10-11-26-14-25(26)9-8-19(30)23(2,3)17(25)6-7-18(26)27(24,28)22(21)31/h15-22,29-31H,6-14,28H2,1-5H3/t15-,16?,17+,18?,19?,20+,21?,22+,24?,25?,26?,27+/m1/s1. The van der Waals surface area contributed by atoms with Gasteiger partial charge >= 0.3 is 0 Å². The summed E-state index contributed by atoms with van der Waals surface area (Å²) in [4.78, 5) is 0. The molecule has 2 spiro atoms. The molecule has 12 atom stereocenters. The Hall–Kier alpha value is -0.250. The Morgan fingerprint density at radius 3 is 2.37 bits per heavy atom. The molecule has 6 fully saturated rings. The Morgan fingerprint density at radius 1 is 1.03 bits per heavy atom. The lowest BCUT2D eigenvalue weighted by Gasteiger charge is -2.63. The van der Waals surface area contributed by atoms with Crippen molar-refractivity contribution >= 4 is 10.0 Å². The molecule has 0 aromatic rings. The van der Waals surface area contributed by atoms with E-state index in [4.69, 9.17) is 10.5 Å². The molecule has 0 aromatic heterocycles. The maximum Gasteiger partial charge on any atom is 0.208 e. The van der Waals surface area contributed by atoms with E-state index in [-0.39, 0.29) is 58.4 Å². The van der Waals surface area contributed by atoms with E-state index in [9.17, 15) is 18.6 Å². The number of hydrogen-bond acceptors (Lipinski definition) is 6. The molecule has 0 amide bonds. The maximum atomic E-state index is 12.0. The number of hydrogen-bond donors (Lipinski definition) is 4. The molecule has 5 aliphatic carbocycles. The van der Waals surface area contributed by atoms with Crippen LogP contribution in [-0.2, 0) is 14.8 Å². The van der Waals surface area contributed by atoms with Gasteiger partial charge in [0.15, 0.2) is 0 Å². The fourth-order valence-corrected chi connectivity index (χ4v) is 11.9. The second-order valence-electron chi connectivity index (χ2n) is 14.4. The molecule has 35 heavy (non-hydrogen) atoms. The van der Waals surface area contributed by atoms with Crippen LogP contribution in [0.3, 0.4) is 0 Å². The van der Waals surface area contributed by atoms with Crippen LogP contribution in [0.4, 0.5) is 0 Å². The number of ether oxygens (including phenoxy) is 1. The van der Waals surface area contributed by atoms with Gasteiger partial charge in [0.2, 0.25) is 10.0 Å². The van der Waals surface area contributed by atoms with Gasteiger partial charge in [-0.05, 0) is 96.7 Å². The number of rotatable bonds is 3. The van der Waals surface area contributed by atoms with E-state index >= 15 is 0 Å². The fourth-order valence-electron chi connectivity index (χ4n) is 11.4. The molecule has 0 bridgehead atoms. The van der Waals surface area contributed by atoms with Crippen molar-refractivity contribution in [3.63, 3.8) is 0 Å². The highest BCUT2D eigenvalue weighted by Gasteiger charge is 2.85. The molecular formula is C27H46N2O5S. The highest BCUT2D eigenvalue weighted by Crippen LogP contribution is 2.87. The Bertz CT molecular complexity index is 1020. The van der Waals surface area contributed by atoms with Crippen LogP contribution in [0.25, 0.3) is 0 Å². The van der Waals surface area contributed by atoms with Gasteiger partial charge < -0.3 is 20.7 Å². The highest BCUT2D eigenvalue weighted by molar-refractivity contribution is 7.88. The quantitative estimate of drug-likeness (QED) is 0.463. The zero-order chi connectivity index (χ0) is 25.4. The SMILES string of the molecule is C[C@@H]1CC(CNS(C)(=O)=O)OC2[C@H]1C1(C)CCC34CC35CCC(O)C(C)(C)[C@@H]5CCC4[C@]1(N)[C@H]2O. The van der Waals surface area contributed by atoms with Crippen molar-refractivity contribution in [2.45, 2.75) is 109 Å². The van der Waals surface area contributed by atoms with Gasteiger partial charge in [-0.1, -0.05) is 27.7 Å². The first kappa shape index (κ1) is 25.1. The topological polar surface area (TPSA) is 122 Å². The largest absolute Gasteiger partial charge is 0.393 e. The van der Waals surface area contributed by atoms with Crippen LogP contribution in [0.2, 0.25) is 0 Å². The monoisotopic (exact) mass is 510 g/mol. The molecule has 200 valence electrons. The molecule has 0 radical (unpaired) electrons. The van der Waals surface area contributed by atoms with Crippen LogP contribution in [0.5, 0.6) is 0 Å². The first-order chi connectivity index (χ1) is 16.1. The van der Waals surface area contributed by atoms with Crippen LogP contribution >= 0.6 is 0 Å². The Morgan fingerprint density at radius 2 is 1.69 bits per heavy atom. The molecule has 1 aliphatic heterocycles. The van der Waals surface area contributed by atoms with Crippen molar-refractivity contribution in [3.05, 3.63) is 0 Å². The Kier molecular flexibility index (Phi) is 5.18. The molecular weight excluding hydrogens is 464 g/mol. The average molecular weight is 511 g/mol. The smallest absolute Gasteiger partial charge is 0.208 e. The van der Waals surface area contributed by atoms with Gasteiger partial charge in [-0.25, -0.2) is 13.1 Å². The van der Waals surface area contributed by atoms with Gasteiger partial charge in [-0.15, -0.1) is 0 Å². The number of aliphatic hydroxyl groups is 2. The summed E-state index contributed by atoms with van der Waals surface area (Å²) in [6.07, 6.45) is 7.76. The summed E-state index contributed by atoms with van der Waals surface area (Å²) in [6.45, 7) is 9.32. The molecule has 1 saturated heterocycles. The third-order valence-corrected chi connectivity index (χ3v) is 13.6. The zero-order valence-corrected chi connectivity index (χ0v) is 22.9. The third kappa shape index (κ3) is 2.93. The molecule has 6 aliphatic rings.